The number of carbonyl (C=O) groups excluding carboxylic acids is 1. The van der Waals surface area contributed by atoms with Gasteiger partial charge in [-0.1, -0.05) is 33.8 Å². The lowest BCUT2D eigenvalue weighted by molar-refractivity contribution is -0.139. The van der Waals surface area contributed by atoms with Crippen molar-refractivity contribution in [1.29, 1.82) is 0 Å². The van der Waals surface area contributed by atoms with Crippen molar-refractivity contribution in [3.63, 3.8) is 0 Å². The van der Waals surface area contributed by atoms with Gasteiger partial charge in [0.15, 0.2) is 0 Å². The molecule has 26 heavy (non-hydrogen) atoms. The Hall–Kier alpha value is -1.93. The summed E-state index contributed by atoms with van der Waals surface area (Å²) in [7, 11) is -3.70. The van der Waals surface area contributed by atoms with Gasteiger partial charge in [-0.3, -0.25) is 4.79 Å². The number of hydrogen-bond donors (Lipinski definition) is 2. The van der Waals surface area contributed by atoms with Crippen LogP contribution in [0.4, 0.5) is 0 Å². The molecule has 0 spiro atoms. The lowest BCUT2D eigenvalue weighted by atomic mass is 10.0. The Kier molecular flexibility index (Phi) is 7.77. The maximum Gasteiger partial charge on any atom is 0.326 e. The summed E-state index contributed by atoms with van der Waals surface area (Å²) in [5.41, 5.74) is 0.739. The molecule has 0 aliphatic rings. The van der Waals surface area contributed by atoms with Crippen molar-refractivity contribution >= 4 is 21.9 Å². The van der Waals surface area contributed by atoms with E-state index in [4.69, 9.17) is 0 Å². The summed E-state index contributed by atoms with van der Waals surface area (Å²) >= 11 is 0. The third-order valence-electron chi connectivity index (χ3n) is 4.11. The molecule has 1 amide bonds. The van der Waals surface area contributed by atoms with Crippen LogP contribution < -0.4 is 5.32 Å². The Morgan fingerprint density at radius 1 is 1.19 bits per heavy atom. The highest BCUT2D eigenvalue weighted by Gasteiger charge is 2.26. The molecule has 0 aliphatic carbocycles. The van der Waals surface area contributed by atoms with Crippen LogP contribution in [0.2, 0.25) is 0 Å². The van der Waals surface area contributed by atoms with E-state index in [0.717, 1.165) is 0 Å². The SMILES string of the molecule is CCN(CC)S(=O)(=O)c1ccc(C)c(C(=O)N[C@@H](CC(C)C)C(=O)O)c1. The van der Waals surface area contributed by atoms with Gasteiger partial charge in [0.1, 0.15) is 6.04 Å². The van der Waals surface area contributed by atoms with E-state index in [-0.39, 0.29) is 22.8 Å². The third-order valence-corrected chi connectivity index (χ3v) is 6.15. The summed E-state index contributed by atoms with van der Waals surface area (Å²) in [4.78, 5) is 24.0. The van der Waals surface area contributed by atoms with Gasteiger partial charge in [0.2, 0.25) is 10.0 Å². The molecule has 1 aromatic carbocycles. The number of carbonyl (C=O) groups is 2. The molecule has 0 aliphatic heterocycles. The largest absolute Gasteiger partial charge is 0.480 e. The third kappa shape index (κ3) is 5.28. The molecule has 146 valence electrons. The Bertz CT molecular complexity index is 755. The van der Waals surface area contributed by atoms with Gasteiger partial charge in [0, 0.05) is 18.7 Å². The van der Waals surface area contributed by atoms with Crippen molar-refractivity contribution in [2.24, 2.45) is 5.92 Å². The van der Waals surface area contributed by atoms with Crippen molar-refractivity contribution < 1.29 is 23.1 Å². The molecule has 7 nitrogen and oxygen atoms in total. The minimum Gasteiger partial charge on any atom is -0.480 e. The van der Waals surface area contributed by atoms with Crippen molar-refractivity contribution in [3.8, 4) is 0 Å². The number of nitrogens with zero attached hydrogens (tertiary/aromatic N) is 1. The number of aliphatic carboxylic acids is 1. The molecule has 1 atom stereocenters. The quantitative estimate of drug-likeness (QED) is 0.680. The van der Waals surface area contributed by atoms with Crippen LogP contribution in [-0.2, 0) is 14.8 Å². The maximum absolute atomic E-state index is 12.7. The average Bonchev–Trinajstić information content (AvgIpc) is 2.54. The van der Waals surface area contributed by atoms with Crippen LogP contribution in [0.5, 0.6) is 0 Å². The number of amides is 1. The smallest absolute Gasteiger partial charge is 0.326 e. The summed E-state index contributed by atoms with van der Waals surface area (Å²) < 4.78 is 26.6. The van der Waals surface area contributed by atoms with E-state index in [1.54, 1.807) is 26.8 Å². The topological polar surface area (TPSA) is 104 Å². The normalized spacial score (nSPS) is 13.0. The molecule has 0 heterocycles. The van der Waals surface area contributed by atoms with Crippen molar-refractivity contribution in [2.45, 2.75) is 52.0 Å². The molecular formula is C18H28N2O5S. The molecule has 0 saturated heterocycles. The van der Waals surface area contributed by atoms with Gasteiger partial charge in [0.05, 0.1) is 4.90 Å². The van der Waals surface area contributed by atoms with E-state index in [2.05, 4.69) is 5.32 Å². The maximum atomic E-state index is 12.7. The first-order chi connectivity index (χ1) is 12.0. The van der Waals surface area contributed by atoms with E-state index in [1.165, 1.54) is 16.4 Å². The van der Waals surface area contributed by atoms with Crippen molar-refractivity contribution in [2.75, 3.05) is 13.1 Å². The molecule has 0 saturated carbocycles. The van der Waals surface area contributed by atoms with Crippen molar-refractivity contribution in [3.05, 3.63) is 29.3 Å². The molecule has 2 N–H and O–H groups in total. The number of nitrogens with one attached hydrogen (secondary N) is 1. The van der Waals surface area contributed by atoms with Crippen LogP contribution in [-0.4, -0.2) is 48.8 Å². The van der Waals surface area contributed by atoms with E-state index < -0.39 is 27.9 Å². The minimum atomic E-state index is -3.70. The van der Waals surface area contributed by atoms with Gasteiger partial charge < -0.3 is 10.4 Å². The molecule has 8 heteroatoms. The molecule has 1 aromatic rings. The molecule has 0 fully saturated rings. The van der Waals surface area contributed by atoms with Crippen LogP contribution in [0.15, 0.2) is 23.1 Å². The number of sulfonamides is 1. The summed E-state index contributed by atoms with van der Waals surface area (Å²) in [5.74, 6) is -1.62. The number of aryl methyl sites for hydroxylation is 1. The number of benzene rings is 1. The summed E-state index contributed by atoms with van der Waals surface area (Å²) in [6.07, 6.45) is 0.289. The lowest BCUT2D eigenvalue weighted by Crippen LogP contribution is -2.42. The van der Waals surface area contributed by atoms with Crippen LogP contribution in [0, 0.1) is 12.8 Å². The standard InChI is InChI=1S/C18H28N2O5S/c1-6-20(7-2)26(24,25)14-9-8-13(5)15(11-14)17(21)19-16(18(22)23)10-12(3)4/h8-9,11-12,16H,6-7,10H2,1-5H3,(H,19,21)(H,22,23)/t16-/m0/s1. The number of carboxylic acids is 1. The average molecular weight is 384 g/mol. The van der Waals surface area contributed by atoms with Gasteiger partial charge in [0.25, 0.3) is 5.91 Å². The molecule has 1 rings (SSSR count). The summed E-state index contributed by atoms with van der Waals surface area (Å²) in [6.45, 7) is 9.54. The first kappa shape index (κ1) is 22.1. The Morgan fingerprint density at radius 2 is 1.77 bits per heavy atom. The number of hydrogen-bond acceptors (Lipinski definition) is 4. The first-order valence-corrected chi connectivity index (χ1v) is 10.1. The zero-order chi connectivity index (χ0) is 20.1. The van der Waals surface area contributed by atoms with Crippen LogP contribution in [0.25, 0.3) is 0 Å². The van der Waals surface area contributed by atoms with E-state index in [0.29, 0.717) is 18.7 Å². The van der Waals surface area contributed by atoms with E-state index >= 15 is 0 Å². The zero-order valence-corrected chi connectivity index (χ0v) is 16.8. The Labute approximate surface area is 155 Å². The Morgan fingerprint density at radius 3 is 2.23 bits per heavy atom. The van der Waals surface area contributed by atoms with Crippen LogP contribution in [0.3, 0.4) is 0 Å². The molecule has 0 radical (unpaired) electrons. The van der Waals surface area contributed by atoms with Crippen LogP contribution in [0.1, 0.15) is 50.0 Å². The fourth-order valence-electron chi connectivity index (χ4n) is 2.65. The molecule has 0 aromatic heterocycles. The second kappa shape index (κ2) is 9.14. The fraction of sp³-hybridized carbons (Fsp3) is 0.556. The summed E-state index contributed by atoms with van der Waals surface area (Å²) in [5, 5.41) is 11.8. The summed E-state index contributed by atoms with van der Waals surface area (Å²) in [6, 6.07) is 3.31. The van der Waals surface area contributed by atoms with Gasteiger partial charge in [-0.25, -0.2) is 13.2 Å². The number of carboxylic acid groups (broad SMARTS) is 1. The van der Waals surface area contributed by atoms with Gasteiger partial charge in [-0.05, 0) is 37.0 Å². The predicted octanol–water partition coefficient (Wildman–Crippen LogP) is 2.25. The monoisotopic (exact) mass is 384 g/mol. The van der Waals surface area contributed by atoms with E-state index in [9.17, 15) is 23.1 Å². The number of rotatable bonds is 9. The van der Waals surface area contributed by atoms with Gasteiger partial charge in [-0.15, -0.1) is 0 Å². The lowest BCUT2D eigenvalue weighted by Gasteiger charge is -2.20. The first-order valence-electron chi connectivity index (χ1n) is 8.69. The predicted molar refractivity (Wildman–Crippen MR) is 99.6 cm³/mol. The van der Waals surface area contributed by atoms with E-state index in [1.807, 2.05) is 13.8 Å². The van der Waals surface area contributed by atoms with Crippen LogP contribution >= 0.6 is 0 Å². The van der Waals surface area contributed by atoms with Crippen molar-refractivity contribution in [1.82, 2.24) is 9.62 Å². The highest BCUT2D eigenvalue weighted by molar-refractivity contribution is 7.89. The second-order valence-electron chi connectivity index (χ2n) is 6.56. The molecule has 0 unspecified atom stereocenters. The molecular weight excluding hydrogens is 356 g/mol. The second-order valence-corrected chi connectivity index (χ2v) is 8.50. The molecule has 0 bridgehead atoms. The zero-order valence-electron chi connectivity index (χ0n) is 15.9. The highest BCUT2D eigenvalue weighted by Crippen LogP contribution is 2.20. The fourth-order valence-corrected chi connectivity index (χ4v) is 4.13. The van der Waals surface area contributed by atoms with Gasteiger partial charge >= 0.3 is 5.97 Å². The minimum absolute atomic E-state index is 0.0210. The Balaban J connectivity index is 3.21. The van der Waals surface area contributed by atoms with Gasteiger partial charge in [-0.2, -0.15) is 4.31 Å². The highest BCUT2D eigenvalue weighted by atomic mass is 32.2.